The van der Waals surface area contributed by atoms with Crippen LogP contribution < -0.4 is 11.1 Å². The summed E-state index contributed by atoms with van der Waals surface area (Å²) in [7, 11) is 0. The number of carbonyl (C=O) groups is 1. The summed E-state index contributed by atoms with van der Waals surface area (Å²) in [5, 5.41) is 6.70. The molecule has 0 unspecified atom stereocenters. The van der Waals surface area contributed by atoms with Gasteiger partial charge in [-0.25, -0.2) is 0 Å². The second-order valence-electron chi connectivity index (χ2n) is 3.94. The minimum atomic E-state index is -0.294. The van der Waals surface area contributed by atoms with Crippen LogP contribution >= 0.6 is 11.6 Å². The number of aromatic nitrogens is 1. The Kier molecular flexibility index (Phi) is 3.25. The second-order valence-corrected chi connectivity index (χ2v) is 4.35. The van der Waals surface area contributed by atoms with E-state index in [1.165, 1.54) is 6.20 Å². The number of nitrogen functional groups attached to an aromatic ring is 1. The van der Waals surface area contributed by atoms with Crippen LogP contribution in [0.1, 0.15) is 21.7 Å². The standard InChI is InChI=1S/C12H12ClN3O2/c1-6-3-10(14)9(13)4-11(6)16-12(17)8-5-15-18-7(8)2/h3-5H,14H2,1-2H3,(H,16,17). The first kappa shape index (κ1) is 12.4. The largest absolute Gasteiger partial charge is 0.398 e. The molecule has 94 valence electrons. The maximum absolute atomic E-state index is 12.0. The Bertz CT molecular complexity index is 607. The number of benzene rings is 1. The highest BCUT2D eigenvalue weighted by atomic mass is 35.5. The molecule has 0 radical (unpaired) electrons. The Morgan fingerprint density at radius 1 is 1.44 bits per heavy atom. The topological polar surface area (TPSA) is 81.1 Å². The number of anilines is 2. The van der Waals surface area contributed by atoms with Crippen molar-refractivity contribution in [1.82, 2.24) is 5.16 Å². The van der Waals surface area contributed by atoms with Crippen molar-refractivity contribution in [2.75, 3.05) is 11.1 Å². The molecule has 0 saturated carbocycles. The number of hydrogen-bond acceptors (Lipinski definition) is 4. The van der Waals surface area contributed by atoms with Crippen LogP contribution in [0.25, 0.3) is 0 Å². The fourth-order valence-electron chi connectivity index (χ4n) is 1.54. The zero-order chi connectivity index (χ0) is 13.3. The lowest BCUT2D eigenvalue weighted by molar-refractivity contribution is 0.102. The first-order valence-corrected chi connectivity index (χ1v) is 5.65. The van der Waals surface area contributed by atoms with E-state index in [1.54, 1.807) is 19.1 Å². The molecule has 1 aromatic carbocycles. The van der Waals surface area contributed by atoms with Crippen molar-refractivity contribution in [3.63, 3.8) is 0 Å². The van der Waals surface area contributed by atoms with Crippen LogP contribution in [-0.2, 0) is 0 Å². The van der Waals surface area contributed by atoms with E-state index in [9.17, 15) is 4.79 Å². The summed E-state index contributed by atoms with van der Waals surface area (Å²) in [6.07, 6.45) is 1.37. The average molecular weight is 266 g/mol. The van der Waals surface area contributed by atoms with Crippen molar-refractivity contribution in [3.8, 4) is 0 Å². The maximum atomic E-state index is 12.0. The first-order valence-electron chi connectivity index (χ1n) is 5.27. The van der Waals surface area contributed by atoms with Crippen LogP contribution in [0, 0.1) is 13.8 Å². The fourth-order valence-corrected chi connectivity index (χ4v) is 1.71. The monoisotopic (exact) mass is 265 g/mol. The molecule has 18 heavy (non-hydrogen) atoms. The summed E-state index contributed by atoms with van der Waals surface area (Å²) in [5.41, 5.74) is 7.98. The van der Waals surface area contributed by atoms with Gasteiger partial charge in [0.1, 0.15) is 11.3 Å². The Hall–Kier alpha value is -2.01. The number of halogens is 1. The van der Waals surface area contributed by atoms with E-state index < -0.39 is 0 Å². The summed E-state index contributed by atoms with van der Waals surface area (Å²) in [5.74, 6) is 0.171. The molecular weight excluding hydrogens is 254 g/mol. The van der Waals surface area contributed by atoms with Gasteiger partial charge in [-0.1, -0.05) is 16.8 Å². The minimum Gasteiger partial charge on any atom is -0.398 e. The number of nitrogens with two attached hydrogens (primary N) is 1. The maximum Gasteiger partial charge on any atom is 0.260 e. The van der Waals surface area contributed by atoms with Crippen LogP contribution in [0.2, 0.25) is 5.02 Å². The smallest absolute Gasteiger partial charge is 0.260 e. The van der Waals surface area contributed by atoms with Gasteiger partial charge in [-0.05, 0) is 31.5 Å². The molecule has 1 heterocycles. The molecule has 0 aliphatic rings. The highest BCUT2D eigenvalue weighted by molar-refractivity contribution is 6.33. The molecule has 1 aromatic heterocycles. The van der Waals surface area contributed by atoms with E-state index in [2.05, 4.69) is 10.5 Å². The van der Waals surface area contributed by atoms with Gasteiger partial charge >= 0.3 is 0 Å². The molecule has 2 rings (SSSR count). The Labute approximate surface area is 109 Å². The zero-order valence-corrected chi connectivity index (χ0v) is 10.7. The molecule has 0 saturated heterocycles. The molecule has 5 nitrogen and oxygen atoms in total. The summed E-state index contributed by atoms with van der Waals surface area (Å²) >= 11 is 5.92. The molecular formula is C12H12ClN3O2. The third-order valence-electron chi connectivity index (χ3n) is 2.59. The molecule has 0 aliphatic carbocycles. The van der Waals surface area contributed by atoms with Gasteiger partial charge in [0, 0.05) is 5.69 Å². The summed E-state index contributed by atoms with van der Waals surface area (Å²) < 4.78 is 4.84. The van der Waals surface area contributed by atoms with Crippen LogP contribution in [0.3, 0.4) is 0 Å². The Balaban J connectivity index is 2.28. The van der Waals surface area contributed by atoms with E-state index in [-0.39, 0.29) is 5.91 Å². The van der Waals surface area contributed by atoms with Gasteiger partial charge in [-0.2, -0.15) is 0 Å². The summed E-state index contributed by atoms with van der Waals surface area (Å²) in [6, 6.07) is 3.32. The minimum absolute atomic E-state index is 0.294. The lowest BCUT2D eigenvalue weighted by atomic mass is 10.1. The molecule has 2 aromatic rings. The number of nitrogens with one attached hydrogen (secondary N) is 1. The highest BCUT2D eigenvalue weighted by Crippen LogP contribution is 2.27. The van der Waals surface area contributed by atoms with Gasteiger partial charge in [-0.15, -0.1) is 0 Å². The SMILES string of the molecule is Cc1cc(N)c(Cl)cc1NC(=O)c1cnoc1C. The molecule has 0 spiro atoms. The molecule has 6 heteroatoms. The lowest BCUT2D eigenvalue weighted by Gasteiger charge is -2.09. The summed E-state index contributed by atoms with van der Waals surface area (Å²) in [4.78, 5) is 12.0. The number of carbonyl (C=O) groups excluding carboxylic acids is 1. The van der Waals surface area contributed by atoms with Crippen LogP contribution in [0.15, 0.2) is 22.9 Å². The van der Waals surface area contributed by atoms with Gasteiger partial charge in [0.25, 0.3) is 5.91 Å². The predicted molar refractivity (Wildman–Crippen MR) is 69.8 cm³/mol. The van der Waals surface area contributed by atoms with Gasteiger partial charge in [0.2, 0.25) is 0 Å². The van der Waals surface area contributed by atoms with Crippen molar-refractivity contribution < 1.29 is 9.32 Å². The van der Waals surface area contributed by atoms with E-state index in [1.807, 2.05) is 6.92 Å². The third kappa shape index (κ3) is 2.31. The Morgan fingerprint density at radius 2 is 2.17 bits per heavy atom. The summed E-state index contributed by atoms with van der Waals surface area (Å²) in [6.45, 7) is 3.51. The van der Waals surface area contributed by atoms with Crippen molar-refractivity contribution in [3.05, 3.63) is 40.2 Å². The van der Waals surface area contributed by atoms with Crippen molar-refractivity contribution >= 4 is 28.9 Å². The number of hydrogen-bond donors (Lipinski definition) is 2. The van der Waals surface area contributed by atoms with Crippen LogP contribution in [0.4, 0.5) is 11.4 Å². The average Bonchev–Trinajstić information content (AvgIpc) is 2.72. The van der Waals surface area contributed by atoms with Gasteiger partial charge in [0.05, 0.1) is 16.9 Å². The number of aryl methyl sites for hydroxylation is 2. The lowest BCUT2D eigenvalue weighted by Crippen LogP contribution is -2.13. The number of amides is 1. The normalized spacial score (nSPS) is 10.4. The van der Waals surface area contributed by atoms with E-state index in [0.29, 0.717) is 27.7 Å². The quantitative estimate of drug-likeness (QED) is 0.818. The van der Waals surface area contributed by atoms with Gasteiger partial charge in [0.15, 0.2) is 0 Å². The van der Waals surface area contributed by atoms with Crippen molar-refractivity contribution in [1.29, 1.82) is 0 Å². The van der Waals surface area contributed by atoms with Gasteiger partial charge < -0.3 is 15.6 Å². The first-order chi connectivity index (χ1) is 8.49. The van der Waals surface area contributed by atoms with E-state index >= 15 is 0 Å². The molecule has 0 bridgehead atoms. The Morgan fingerprint density at radius 3 is 2.78 bits per heavy atom. The molecule has 0 atom stereocenters. The molecule has 1 amide bonds. The zero-order valence-electron chi connectivity index (χ0n) is 9.95. The van der Waals surface area contributed by atoms with Gasteiger partial charge in [-0.3, -0.25) is 4.79 Å². The number of nitrogens with zero attached hydrogens (tertiary/aromatic N) is 1. The second kappa shape index (κ2) is 4.70. The van der Waals surface area contributed by atoms with E-state index in [0.717, 1.165) is 5.56 Å². The molecule has 0 aliphatic heterocycles. The van der Waals surface area contributed by atoms with Crippen LogP contribution in [-0.4, -0.2) is 11.1 Å². The van der Waals surface area contributed by atoms with Crippen molar-refractivity contribution in [2.45, 2.75) is 13.8 Å². The third-order valence-corrected chi connectivity index (χ3v) is 2.91. The highest BCUT2D eigenvalue weighted by Gasteiger charge is 2.14. The van der Waals surface area contributed by atoms with E-state index in [4.69, 9.17) is 21.9 Å². The predicted octanol–water partition coefficient (Wildman–Crippen LogP) is 2.78. The van der Waals surface area contributed by atoms with Crippen molar-refractivity contribution in [2.24, 2.45) is 0 Å². The fraction of sp³-hybridized carbons (Fsp3) is 0.167. The molecule has 3 N–H and O–H groups in total. The number of rotatable bonds is 2. The van der Waals surface area contributed by atoms with Crippen LogP contribution in [0.5, 0.6) is 0 Å². The molecule has 0 fully saturated rings.